The fourth-order valence-electron chi connectivity index (χ4n) is 3.62. The zero-order valence-electron chi connectivity index (χ0n) is 15.2. The van der Waals surface area contributed by atoms with Gasteiger partial charge in [-0.25, -0.2) is 9.37 Å². The normalized spacial score (nSPS) is 17.9. The van der Waals surface area contributed by atoms with Gasteiger partial charge in [0.25, 0.3) is 5.91 Å². The van der Waals surface area contributed by atoms with Crippen LogP contribution in [-0.4, -0.2) is 65.0 Å². The topological polar surface area (TPSA) is 65.5 Å². The summed E-state index contributed by atoms with van der Waals surface area (Å²) in [4.78, 5) is 31.5. The van der Waals surface area contributed by atoms with Crippen molar-refractivity contribution in [1.29, 1.82) is 0 Å². The zero-order valence-corrected chi connectivity index (χ0v) is 15.2. The van der Waals surface area contributed by atoms with E-state index in [2.05, 4.69) is 19.8 Å². The van der Waals surface area contributed by atoms with Gasteiger partial charge in [-0.15, -0.1) is 0 Å². The van der Waals surface area contributed by atoms with Crippen LogP contribution in [0.25, 0.3) is 0 Å². The lowest BCUT2D eigenvalue weighted by Gasteiger charge is -2.36. The third kappa shape index (κ3) is 3.84. The first-order valence-corrected chi connectivity index (χ1v) is 9.44. The number of carbonyl (C=O) groups excluding carboxylic acids is 1. The van der Waals surface area contributed by atoms with E-state index in [9.17, 15) is 9.18 Å². The monoisotopic (exact) mass is 370 g/mol. The Morgan fingerprint density at radius 2 is 1.70 bits per heavy atom. The molecule has 4 rings (SSSR count). The molecule has 8 heteroatoms. The second-order valence-corrected chi connectivity index (χ2v) is 6.90. The molecule has 0 bridgehead atoms. The average Bonchev–Trinajstić information content (AvgIpc) is 2.74. The summed E-state index contributed by atoms with van der Waals surface area (Å²) >= 11 is 0. The average molecular weight is 370 g/mol. The van der Waals surface area contributed by atoms with Crippen LogP contribution < -0.4 is 9.80 Å². The van der Waals surface area contributed by atoms with E-state index < -0.39 is 5.82 Å². The molecule has 0 unspecified atom stereocenters. The van der Waals surface area contributed by atoms with Gasteiger partial charge in [0.2, 0.25) is 5.95 Å². The fraction of sp³-hybridized carbons (Fsp3) is 0.474. The maximum Gasteiger partial charge on any atom is 0.257 e. The number of carbonyl (C=O) groups is 1. The van der Waals surface area contributed by atoms with Crippen LogP contribution in [0.15, 0.2) is 30.7 Å². The number of anilines is 2. The lowest BCUT2D eigenvalue weighted by molar-refractivity contribution is 0.0741. The van der Waals surface area contributed by atoms with Crippen molar-refractivity contribution in [2.45, 2.75) is 19.3 Å². The highest BCUT2D eigenvalue weighted by Crippen LogP contribution is 2.20. The van der Waals surface area contributed by atoms with Gasteiger partial charge in [-0.3, -0.25) is 9.78 Å². The van der Waals surface area contributed by atoms with Crippen LogP contribution in [0.4, 0.5) is 16.2 Å². The number of hydrogen-bond donors (Lipinski definition) is 0. The summed E-state index contributed by atoms with van der Waals surface area (Å²) < 4.78 is 13.8. The van der Waals surface area contributed by atoms with E-state index in [1.54, 1.807) is 11.1 Å². The molecule has 2 saturated heterocycles. The van der Waals surface area contributed by atoms with E-state index in [1.165, 1.54) is 31.5 Å². The Bertz CT molecular complexity index is 802. The summed E-state index contributed by atoms with van der Waals surface area (Å²) in [6.45, 7) is 4.39. The minimum absolute atomic E-state index is 0.0767. The smallest absolute Gasteiger partial charge is 0.257 e. The lowest BCUT2D eigenvalue weighted by Crippen LogP contribution is -2.49. The highest BCUT2D eigenvalue weighted by molar-refractivity contribution is 5.94. The highest BCUT2D eigenvalue weighted by Gasteiger charge is 2.25. The van der Waals surface area contributed by atoms with Crippen molar-refractivity contribution in [2.75, 3.05) is 49.1 Å². The predicted molar refractivity (Wildman–Crippen MR) is 100 cm³/mol. The molecule has 2 fully saturated rings. The quantitative estimate of drug-likeness (QED) is 0.823. The van der Waals surface area contributed by atoms with Crippen molar-refractivity contribution in [2.24, 2.45) is 0 Å². The van der Waals surface area contributed by atoms with E-state index in [1.807, 2.05) is 6.07 Å². The van der Waals surface area contributed by atoms with Crippen molar-refractivity contribution in [3.63, 3.8) is 0 Å². The molecule has 27 heavy (non-hydrogen) atoms. The first-order valence-electron chi connectivity index (χ1n) is 9.44. The molecular formula is C19H23FN6O. The van der Waals surface area contributed by atoms with Gasteiger partial charge >= 0.3 is 0 Å². The molecule has 2 aromatic heterocycles. The highest BCUT2D eigenvalue weighted by atomic mass is 19.1. The maximum atomic E-state index is 13.8. The molecule has 0 radical (unpaired) electrons. The summed E-state index contributed by atoms with van der Waals surface area (Å²) in [6, 6.07) is 3.34. The van der Waals surface area contributed by atoms with Gasteiger partial charge in [0.15, 0.2) is 5.82 Å². The Kier molecular flexibility index (Phi) is 5.13. The van der Waals surface area contributed by atoms with Crippen LogP contribution in [0.2, 0.25) is 0 Å². The van der Waals surface area contributed by atoms with E-state index in [0.29, 0.717) is 26.2 Å². The predicted octanol–water partition coefficient (Wildman–Crippen LogP) is 1.96. The van der Waals surface area contributed by atoms with Gasteiger partial charge in [-0.05, 0) is 31.4 Å². The number of aromatic nitrogens is 3. The molecule has 0 aromatic carbocycles. The molecule has 0 atom stereocenters. The summed E-state index contributed by atoms with van der Waals surface area (Å²) in [5.74, 6) is 0.801. The van der Waals surface area contributed by atoms with Crippen LogP contribution in [0.1, 0.15) is 29.6 Å². The van der Waals surface area contributed by atoms with Crippen molar-refractivity contribution in [3.8, 4) is 0 Å². The number of pyridine rings is 1. The number of piperidine rings is 1. The summed E-state index contributed by atoms with van der Waals surface area (Å²) in [5.41, 5.74) is 0.0767. The Labute approximate surface area is 157 Å². The van der Waals surface area contributed by atoms with Gasteiger partial charge in [-0.2, -0.15) is 4.98 Å². The van der Waals surface area contributed by atoms with Gasteiger partial charge < -0.3 is 14.7 Å². The molecule has 4 heterocycles. The van der Waals surface area contributed by atoms with E-state index >= 15 is 0 Å². The number of hydrogen-bond acceptors (Lipinski definition) is 6. The molecule has 142 valence electrons. The van der Waals surface area contributed by atoms with Gasteiger partial charge in [0.05, 0.1) is 11.8 Å². The number of halogens is 1. The molecular weight excluding hydrogens is 347 g/mol. The number of rotatable bonds is 3. The Balaban J connectivity index is 1.40. The van der Waals surface area contributed by atoms with Gasteiger partial charge in [0, 0.05) is 51.7 Å². The van der Waals surface area contributed by atoms with Crippen molar-refractivity contribution in [3.05, 3.63) is 42.1 Å². The second-order valence-electron chi connectivity index (χ2n) is 6.90. The van der Waals surface area contributed by atoms with Crippen LogP contribution in [0.3, 0.4) is 0 Å². The molecule has 2 aliphatic heterocycles. The lowest BCUT2D eigenvalue weighted by atomic mass is 10.1. The zero-order chi connectivity index (χ0) is 18.6. The van der Waals surface area contributed by atoms with Crippen molar-refractivity contribution >= 4 is 17.7 Å². The van der Waals surface area contributed by atoms with E-state index in [-0.39, 0.29) is 11.5 Å². The largest absolute Gasteiger partial charge is 0.353 e. The molecule has 0 aliphatic carbocycles. The maximum absolute atomic E-state index is 13.8. The first-order chi connectivity index (χ1) is 13.2. The van der Waals surface area contributed by atoms with E-state index in [4.69, 9.17) is 4.98 Å². The second kappa shape index (κ2) is 7.85. The molecule has 0 spiro atoms. The molecule has 0 N–H and O–H groups in total. The SMILES string of the molecule is O=C(c1ccncc1F)N1CCN(c2ccnc(N3CCCCC3)n2)CC1. The van der Waals surface area contributed by atoms with Crippen molar-refractivity contribution in [1.82, 2.24) is 19.9 Å². The molecule has 0 saturated carbocycles. The molecule has 1 amide bonds. The van der Waals surface area contributed by atoms with Gasteiger partial charge in [-0.1, -0.05) is 0 Å². The number of nitrogens with zero attached hydrogens (tertiary/aromatic N) is 6. The van der Waals surface area contributed by atoms with E-state index in [0.717, 1.165) is 31.1 Å². The Morgan fingerprint density at radius 3 is 2.44 bits per heavy atom. The Hall–Kier alpha value is -2.77. The Morgan fingerprint density at radius 1 is 0.926 bits per heavy atom. The van der Waals surface area contributed by atoms with Gasteiger partial charge in [0.1, 0.15) is 5.82 Å². The standard InChI is InChI=1S/C19H23FN6O/c20-16-14-21-6-4-15(16)18(27)25-12-10-24(11-13-25)17-5-7-22-19(23-17)26-8-2-1-3-9-26/h4-7,14H,1-3,8-13H2. The van der Waals surface area contributed by atoms with Crippen molar-refractivity contribution < 1.29 is 9.18 Å². The minimum Gasteiger partial charge on any atom is -0.353 e. The summed E-state index contributed by atoms with van der Waals surface area (Å²) in [5, 5.41) is 0. The molecule has 2 aromatic rings. The summed E-state index contributed by atoms with van der Waals surface area (Å²) in [7, 11) is 0. The minimum atomic E-state index is -0.577. The van der Waals surface area contributed by atoms with Crippen LogP contribution in [-0.2, 0) is 0 Å². The third-order valence-electron chi connectivity index (χ3n) is 5.16. The van der Waals surface area contributed by atoms with Crippen LogP contribution in [0.5, 0.6) is 0 Å². The fourth-order valence-corrected chi connectivity index (χ4v) is 3.62. The third-order valence-corrected chi connectivity index (χ3v) is 5.16. The number of piperazine rings is 1. The van der Waals surface area contributed by atoms with Crippen LogP contribution in [0, 0.1) is 5.82 Å². The molecule has 7 nitrogen and oxygen atoms in total. The van der Waals surface area contributed by atoms with Crippen LogP contribution >= 0.6 is 0 Å². The molecule has 2 aliphatic rings. The number of amides is 1. The first kappa shape index (κ1) is 17.6. The summed E-state index contributed by atoms with van der Waals surface area (Å²) in [6.07, 6.45) is 7.95.